The minimum Gasteiger partial charge on any atom is -0.790 e. The molecule has 0 amide bonds. The van der Waals surface area contributed by atoms with Crippen LogP contribution in [-0.4, -0.2) is 18.8 Å². The number of hydrogen-bond donors (Lipinski definition) is 3. The van der Waals surface area contributed by atoms with Gasteiger partial charge in [-0.3, -0.25) is 0 Å². The molecule has 74 valence electrons. The third-order valence-electron chi connectivity index (χ3n) is 0.224. The SMILES string of the molecule is CCO.COP(=O)([O-])[O-].[NH4+].[NH4+]. The zero-order chi connectivity index (χ0) is 7.91. The lowest BCUT2D eigenvalue weighted by Gasteiger charge is -2.25. The summed E-state index contributed by atoms with van der Waals surface area (Å²) in [5, 5.41) is 7.57. The van der Waals surface area contributed by atoms with Gasteiger partial charge in [-0.05, 0) is 6.92 Å². The van der Waals surface area contributed by atoms with Gasteiger partial charge in [0.25, 0.3) is 0 Å². The van der Waals surface area contributed by atoms with Gasteiger partial charge in [-0.1, -0.05) is 0 Å². The molecule has 0 aliphatic rings. The summed E-state index contributed by atoms with van der Waals surface area (Å²) in [5.74, 6) is 0. The van der Waals surface area contributed by atoms with Gasteiger partial charge in [-0.25, -0.2) is 0 Å². The van der Waals surface area contributed by atoms with Crippen LogP contribution >= 0.6 is 7.82 Å². The van der Waals surface area contributed by atoms with Crippen molar-refractivity contribution in [1.29, 1.82) is 0 Å². The van der Waals surface area contributed by atoms with Crippen molar-refractivity contribution < 1.29 is 24.0 Å². The van der Waals surface area contributed by atoms with Crippen LogP contribution in [-0.2, 0) is 9.09 Å². The first-order chi connectivity index (χ1) is 3.97. The number of rotatable bonds is 1. The molecule has 0 aliphatic heterocycles. The number of quaternary nitrogens is 2. The van der Waals surface area contributed by atoms with E-state index in [1.165, 1.54) is 0 Å². The fraction of sp³-hybridized carbons (Fsp3) is 1.00. The Balaban J connectivity index is -0.0000000437. The van der Waals surface area contributed by atoms with Gasteiger partial charge in [-0.2, -0.15) is 0 Å². The first-order valence-corrected chi connectivity index (χ1v) is 3.62. The number of phosphoric ester groups is 1. The molecule has 0 aromatic rings. The van der Waals surface area contributed by atoms with Crippen molar-refractivity contribution in [2.45, 2.75) is 6.92 Å². The second kappa shape index (κ2) is 12.6. The third-order valence-corrected chi connectivity index (χ3v) is 0.671. The van der Waals surface area contributed by atoms with E-state index in [9.17, 15) is 14.4 Å². The Morgan fingerprint density at radius 3 is 1.55 bits per heavy atom. The highest BCUT2D eigenvalue weighted by Gasteiger charge is 1.75. The molecule has 11 heavy (non-hydrogen) atoms. The molecule has 8 heteroatoms. The highest BCUT2D eigenvalue weighted by Crippen LogP contribution is 2.21. The zero-order valence-electron chi connectivity index (χ0n) is 7.23. The predicted octanol–water partition coefficient (Wildman–Crippen LogP) is -0.787. The average molecular weight is 192 g/mol. The van der Waals surface area contributed by atoms with Gasteiger partial charge in [-0.15, -0.1) is 0 Å². The van der Waals surface area contributed by atoms with Gasteiger partial charge in [0, 0.05) is 13.7 Å². The molecule has 0 unspecified atom stereocenters. The molecule has 0 aromatic carbocycles. The normalized spacial score (nSPS) is 8.09. The number of aliphatic hydroxyl groups is 1. The van der Waals surface area contributed by atoms with Crippen LogP contribution in [0.5, 0.6) is 0 Å². The number of phosphoric acid groups is 1. The van der Waals surface area contributed by atoms with Gasteiger partial charge >= 0.3 is 0 Å². The molecule has 0 bridgehead atoms. The minimum atomic E-state index is -4.65. The molecule has 0 saturated carbocycles. The molecule has 0 radical (unpaired) electrons. The van der Waals surface area contributed by atoms with Crippen molar-refractivity contribution in [3.05, 3.63) is 0 Å². The van der Waals surface area contributed by atoms with Crippen molar-refractivity contribution in [2.24, 2.45) is 0 Å². The molecule has 7 nitrogen and oxygen atoms in total. The Bertz CT molecular complexity index is 93.7. The van der Waals surface area contributed by atoms with Crippen LogP contribution in [0.15, 0.2) is 0 Å². The van der Waals surface area contributed by atoms with Crippen molar-refractivity contribution in [3.63, 3.8) is 0 Å². The van der Waals surface area contributed by atoms with E-state index in [0.29, 0.717) is 0 Å². The molecular weight excluding hydrogens is 175 g/mol. The average Bonchev–Trinajstić information content (AvgIpc) is 1.67. The fourth-order valence-corrected chi connectivity index (χ4v) is 0. The molecule has 0 fully saturated rings. The summed E-state index contributed by atoms with van der Waals surface area (Å²) < 4.78 is 12.6. The molecule has 0 heterocycles. The quantitative estimate of drug-likeness (QED) is 0.462. The van der Waals surface area contributed by atoms with Crippen LogP contribution in [0.1, 0.15) is 6.92 Å². The van der Waals surface area contributed by atoms with E-state index >= 15 is 0 Å². The van der Waals surface area contributed by atoms with Crippen molar-refractivity contribution in [2.75, 3.05) is 13.7 Å². The second-order valence-electron chi connectivity index (χ2n) is 0.946. The molecule has 0 atom stereocenters. The van der Waals surface area contributed by atoms with Crippen LogP contribution in [0.3, 0.4) is 0 Å². The Morgan fingerprint density at radius 2 is 1.55 bits per heavy atom. The van der Waals surface area contributed by atoms with E-state index in [0.717, 1.165) is 7.11 Å². The van der Waals surface area contributed by atoms with Crippen molar-refractivity contribution >= 4 is 7.82 Å². The lowest BCUT2D eigenvalue weighted by atomic mass is 10.9. The molecule has 0 spiro atoms. The first kappa shape index (κ1) is 22.4. The standard InChI is InChI=1S/C2H6O.CH5O4P.2H3N/c1-2-3;1-5-6(2,3)4;;/h3H,2H2,1H3;1H3,(H2,2,3,4);2*1H3. The lowest BCUT2D eigenvalue weighted by molar-refractivity contribution is -0.339. The molecule has 9 N–H and O–H groups in total. The van der Waals surface area contributed by atoms with E-state index in [2.05, 4.69) is 4.52 Å². The van der Waals surface area contributed by atoms with E-state index in [1.54, 1.807) is 6.92 Å². The van der Waals surface area contributed by atoms with Crippen molar-refractivity contribution in [1.82, 2.24) is 12.3 Å². The Kier molecular flexibility index (Phi) is 25.8. The van der Waals surface area contributed by atoms with Crippen molar-refractivity contribution in [3.8, 4) is 0 Å². The van der Waals surface area contributed by atoms with Crippen LogP contribution in [0.2, 0.25) is 0 Å². The summed E-state index contributed by atoms with van der Waals surface area (Å²) in [5.41, 5.74) is 0. The highest BCUT2D eigenvalue weighted by molar-refractivity contribution is 7.43. The predicted molar refractivity (Wildman–Crippen MR) is 39.3 cm³/mol. The van der Waals surface area contributed by atoms with Crippen LogP contribution < -0.4 is 22.1 Å². The zero-order valence-corrected chi connectivity index (χ0v) is 8.13. The first-order valence-electron chi connectivity index (χ1n) is 2.16. The molecule has 0 aliphatic carbocycles. The fourth-order valence-electron chi connectivity index (χ4n) is 0. The molecule has 0 saturated heterocycles. The summed E-state index contributed by atoms with van der Waals surface area (Å²) in [6.45, 7) is 1.93. The van der Waals surface area contributed by atoms with Gasteiger partial charge in [0.1, 0.15) is 0 Å². The van der Waals surface area contributed by atoms with Gasteiger partial charge in [0.15, 0.2) is 0 Å². The van der Waals surface area contributed by atoms with E-state index < -0.39 is 7.82 Å². The number of hydrogen-bond acceptors (Lipinski definition) is 5. The van der Waals surface area contributed by atoms with Gasteiger partial charge in [0.05, 0.1) is 7.82 Å². The topological polar surface area (TPSA) is 166 Å². The van der Waals surface area contributed by atoms with Gasteiger partial charge < -0.3 is 36.3 Å². The Hall–Kier alpha value is -0.0100. The summed E-state index contributed by atoms with van der Waals surface area (Å²) in [6, 6.07) is 0. The Morgan fingerprint density at radius 1 is 1.45 bits per heavy atom. The summed E-state index contributed by atoms with van der Waals surface area (Å²) in [6.07, 6.45) is 0. The highest BCUT2D eigenvalue weighted by atomic mass is 31.2. The number of aliphatic hydroxyl groups excluding tert-OH is 1. The molecule has 0 rings (SSSR count). The van der Waals surface area contributed by atoms with Crippen LogP contribution in [0, 0.1) is 0 Å². The largest absolute Gasteiger partial charge is 0.790 e. The lowest BCUT2D eigenvalue weighted by Crippen LogP contribution is -2.14. The molecular formula is C3H17N2O5P. The summed E-state index contributed by atoms with van der Waals surface area (Å²) in [7, 11) is -3.83. The van der Waals surface area contributed by atoms with E-state index in [-0.39, 0.29) is 18.9 Å². The smallest absolute Gasteiger partial charge is 0.0592 e. The van der Waals surface area contributed by atoms with E-state index in [1.807, 2.05) is 0 Å². The minimum absolute atomic E-state index is 0. The van der Waals surface area contributed by atoms with Crippen LogP contribution in [0.25, 0.3) is 0 Å². The van der Waals surface area contributed by atoms with Crippen LogP contribution in [0.4, 0.5) is 0 Å². The Labute approximate surface area is 65.8 Å². The summed E-state index contributed by atoms with van der Waals surface area (Å²) in [4.78, 5) is 18.5. The molecule has 0 aromatic heterocycles. The maximum Gasteiger partial charge on any atom is 0.0592 e. The second-order valence-corrected chi connectivity index (χ2v) is 2.21. The monoisotopic (exact) mass is 192 g/mol. The summed E-state index contributed by atoms with van der Waals surface area (Å²) >= 11 is 0. The third kappa shape index (κ3) is 71.3. The maximum atomic E-state index is 9.25. The maximum absolute atomic E-state index is 9.25. The van der Waals surface area contributed by atoms with Gasteiger partial charge in [0.2, 0.25) is 0 Å². The van der Waals surface area contributed by atoms with E-state index in [4.69, 9.17) is 5.11 Å².